The molecule has 102 valence electrons. The van der Waals surface area contributed by atoms with Crippen molar-refractivity contribution in [2.75, 3.05) is 32.1 Å². The molecule has 0 bridgehead atoms. The summed E-state index contributed by atoms with van der Waals surface area (Å²) in [5.74, 6) is -0.277. The molecule has 1 aromatic carbocycles. The van der Waals surface area contributed by atoms with Crippen molar-refractivity contribution in [3.05, 3.63) is 35.4 Å². The molecule has 0 saturated carbocycles. The Morgan fingerprint density at radius 1 is 1.22 bits per heavy atom. The molecule has 0 heterocycles. The van der Waals surface area contributed by atoms with Crippen molar-refractivity contribution < 1.29 is 13.9 Å². The van der Waals surface area contributed by atoms with Crippen LogP contribution >= 0.6 is 11.8 Å². The lowest BCUT2D eigenvalue weighted by atomic mass is 10.1. The molecule has 2 nitrogen and oxygen atoms in total. The molecule has 0 saturated heterocycles. The predicted molar refractivity (Wildman–Crippen MR) is 71.8 cm³/mol. The van der Waals surface area contributed by atoms with E-state index in [2.05, 4.69) is 4.90 Å². The first-order chi connectivity index (χ1) is 8.52. The van der Waals surface area contributed by atoms with Gasteiger partial charge in [-0.05, 0) is 37.4 Å². The lowest BCUT2D eigenvalue weighted by Crippen LogP contribution is -2.23. The van der Waals surface area contributed by atoms with Gasteiger partial charge in [0.15, 0.2) is 0 Å². The minimum absolute atomic E-state index is 0.297. The first kappa shape index (κ1) is 15.4. The van der Waals surface area contributed by atoms with E-state index in [1.54, 1.807) is 11.8 Å². The van der Waals surface area contributed by atoms with Crippen molar-refractivity contribution in [2.45, 2.75) is 12.5 Å². The SMILES string of the molecule is CSCCN(C)CCC(O)c1cc(F)cc(F)c1. The number of halogens is 2. The highest BCUT2D eigenvalue weighted by atomic mass is 32.2. The van der Waals surface area contributed by atoms with E-state index >= 15 is 0 Å². The number of nitrogens with zero attached hydrogens (tertiary/aromatic N) is 1. The second-order valence-corrected chi connectivity index (χ2v) is 5.29. The van der Waals surface area contributed by atoms with Gasteiger partial charge in [-0.1, -0.05) is 0 Å². The molecule has 1 rings (SSSR count). The van der Waals surface area contributed by atoms with Crippen molar-refractivity contribution in [2.24, 2.45) is 0 Å². The summed E-state index contributed by atoms with van der Waals surface area (Å²) < 4.78 is 26.0. The quantitative estimate of drug-likeness (QED) is 0.827. The van der Waals surface area contributed by atoms with E-state index in [-0.39, 0.29) is 0 Å². The zero-order chi connectivity index (χ0) is 13.5. The molecule has 18 heavy (non-hydrogen) atoms. The van der Waals surface area contributed by atoms with Crippen LogP contribution in [0.3, 0.4) is 0 Å². The Labute approximate surface area is 111 Å². The zero-order valence-electron chi connectivity index (χ0n) is 10.7. The monoisotopic (exact) mass is 275 g/mol. The van der Waals surface area contributed by atoms with E-state index in [1.165, 1.54) is 12.1 Å². The average molecular weight is 275 g/mol. The summed E-state index contributed by atoms with van der Waals surface area (Å²) in [6, 6.07) is 3.16. The van der Waals surface area contributed by atoms with Crippen LogP contribution < -0.4 is 0 Å². The summed E-state index contributed by atoms with van der Waals surface area (Å²) in [6.07, 6.45) is 1.68. The van der Waals surface area contributed by atoms with Gasteiger partial charge in [-0.15, -0.1) is 0 Å². The van der Waals surface area contributed by atoms with Gasteiger partial charge in [-0.3, -0.25) is 0 Å². The lowest BCUT2D eigenvalue weighted by Gasteiger charge is -2.18. The number of hydrogen-bond acceptors (Lipinski definition) is 3. The van der Waals surface area contributed by atoms with Crippen LogP contribution in [0.15, 0.2) is 18.2 Å². The van der Waals surface area contributed by atoms with Gasteiger partial charge in [0.2, 0.25) is 0 Å². The van der Waals surface area contributed by atoms with Crippen LogP contribution in [-0.2, 0) is 0 Å². The second-order valence-electron chi connectivity index (χ2n) is 4.30. The van der Waals surface area contributed by atoms with Gasteiger partial charge < -0.3 is 10.0 Å². The molecule has 0 radical (unpaired) electrons. The number of aliphatic hydroxyl groups is 1. The third-order valence-electron chi connectivity index (χ3n) is 2.73. The van der Waals surface area contributed by atoms with Crippen molar-refractivity contribution >= 4 is 11.8 Å². The van der Waals surface area contributed by atoms with Gasteiger partial charge in [0.1, 0.15) is 11.6 Å². The van der Waals surface area contributed by atoms with Gasteiger partial charge in [-0.25, -0.2) is 8.78 Å². The minimum Gasteiger partial charge on any atom is -0.388 e. The van der Waals surface area contributed by atoms with E-state index in [0.717, 1.165) is 18.4 Å². The van der Waals surface area contributed by atoms with E-state index in [4.69, 9.17) is 0 Å². The summed E-state index contributed by atoms with van der Waals surface area (Å²) in [7, 11) is 1.97. The topological polar surface area (TPSA) is 23.5 Å². The smallest absolute Gasteiger partial charge is 0.126 e. The molecule has 0 aliphatic carbocycles. The van der Waals surface area contributed by atoms with Gasteiger partial charge in [-0.2, -0.15) is 11.8 Å². The van der Waals surface area contributed by atoms with E-state index in [9.17, 15) is 13.9 Å². The maximum atomic E-state index is 13.0. The van der Waals surface area contributed by atoms with Gasteiger partial charge >= 0.3 is 0 Å². The predicted octanol–water partition coefficient (Wildman–Crippen LogP) is 2.68. The highest BCUT2D eigenvalue weighted by Gasteiger charge is 2.11. The number of aliphatic hydroxyl groups excluding tert-OH is 1. The highest BCUT2D eigenvalue weighted by Crippen LogP contribution is 2.19. The first-order valence-corrected chi connectivity index (χ1v) is 7.24. The summed E-state index contributed by atoms with van der Waals surface area (Å²) in [6.45, 7) is 1.63. The van der Waals surface area contributed by atoms with Crippen LogP contribution in [0.4, 0.5) is 8.78 Å². The second kappa shape index (κ2) is 7.71. The molecule has 5 heteroatoms. The number of hydrogen-bond donors (Lipinski definition) is 1. The molecule has 0 amide bonds. The Morgan fingerprint density at radius 3 is 2.39 bits per heavy atom. The Kier molecular flexibility index (Phi) is 6.60. The standard InChI is InChI=1S/C13H19F2NOS/c1-16(5-6-18-2)4-3-13(17)10-7-11(14)9-12(15)8-10/h7-9,13,17H,3-6H2,1-2H3. The first-order valence-electron chi connectivity index (χ1n) is 5.84. The molecule has 0 aromatic heterocycles. The average Bonchev–Trinajstić information content (AvgIpc) is 2.32. The van der Waals surface area contributed by atoms with E-state index in [1.807, 2.05) is 13.3 Å². The van der Waals surface area contributed by atoms with Crippen LogP contribution in [-0.4, -0.2) is 42.2 Å². The third kappa shape index (κ3) is 5.33. The van der Waals surface area contributed by atoms with Crippen molar-refractivity contribution in [1.29, 1.82) is 0 Å². The minimum atomic E-state index is -0.827. The molecule has 1 unspecified atom stereocenters. The Hall–Kier alpha value is -0.650. The molecule has 1 atom stereocenters. The largest absolute Gasteiger partial charge is 0.388 e. The Bertz CT molecular complexity index is 356. The van der Waals surface area contributed by atoms with Crippen molar-refractivity contribution in [1.82, 2.24) is 4.90 Å². The Morgan fingerprint density at radius 2 is 1.83 bits per heavy atom. The van der Waals surface area contributed by atoms with Crippen molar-refractivity contribution in [3.8, 4) is 0 Å². The number of rotatable bonds is 7. The highest BCUT2D eigenvalue weighted by molar-refractivity contribution is 7.98. The van der Waals surface area contributed by atoms with Crippen LogP contribution in [0, 0.1) is 11.6 Å². The van der Waals surface area contributed by atoms with Crippen molar-refractivity contribution in [3.63, 3.8) is 0 Å². The van der Waals surface area contributed by atoms with Gasteiger partial charge in [0.25, 0.3) is 0 Å². The molecular formula is C13H19F2NOS. The molecular weight excluding hydrogens is 256 g/mol. The van der Waals surface area contributed by atoms with E-state index < -0.39 is 17.7 Å². The summed E-state index contributed by atoms with van der Waals surface area (Å²) >= 11 is 1.76. The summed E-state index contributed by atoms with van der Waals surface area (Å²) in [5, 5.41) is 9.88. The maximum Gasteiger partial charge on any atom is 0.126 e. The normalized spacial score (nSPS) is 13.0. The van der Waals surface area contributed by atoms with Gasteiger partial charge in [0.05, 0.1) is 6.10 Å². The summed E-state index contributed by atoms with van der Waals surface area (Å²) in [5.41, 5.74) is 0.297. The number of benzene rings is 1. The third-order valence-corrected chi connectivity index (χ3v) is 3.32. The summed E-state index contributed by atoms with van der Waals surface area (Å²) in [4.78, 5) is 2.09. The number of thioether (sulfide) groups is 1. The Balaban J connectivity index is 2.47. The fourth-order valence-electron chi connectivity index (χ4n) is 1.64. The maximum absolute atomic E-state index is 13.0. The van der Waals surface area contributed by atoms with Crippen LogP contribution in [0.2, 0.25) is 0 Å². The fraction of sp³-hybridized carbons (Fsp3) is 0.538. The molecule has 0 fully saturated rings. The molecule has 0 aliphatic rings. The fourth-order valence-corrected chi connectivity index (χ4v) is 2.13. The van der Waals surface area contributed by atoms with Crippen LogP contribution in [0.1, 0.15) is 18.1 Å². The molecule has 1 N–H and O–H groups in total. The molecule has 0 aliphatic heterocycles. The van der Waals surface area contributed by atoms with Crippen LogP contribution in [0.25, 0.3) is 0 Å². The molecule has 0 spiro atoms. The zero-order valence-corrected chi connectivity index (χ0v) is 11.5. The van der Waals surface area contributed by atoms with Crippen LogP contribution in [0.5, 0.6) is 0 Å². The van der Waals surface area contributed by atoms with Gasteiger partial charge in [0, 0.05) is 24.9 Å². The molecule has 1 aromatic rings. The lowest BCUT2D eigenvalue weighted by molar-refractivity contribution is 0.150. The van der Waals surface area contributed by atoms with E-state index in [0.29, 0.717) is 18.5 Å².